The van der Waals surface area contributed by atoms with Crippen molar-refractivity contribution in [3.8, 4) is 17.6 Å². The van der Waals surface area contributed by atoms with Crippen LogP contribution in [0, 0.1) is 11.3 Å². The van der Waals surface area contributed by atoms with Crippen LogP contribution < -0.4 is 9.46 Å². The number of anilines is 1. The summed E-state index contributed by atoms with van der Waals surface area (Å²) in [4.78, 5) is 3.75. The summed E-state index contributed by atoms with van der Waals surface area (Å²) in [6.45, 7) is 0. The summed E-state index contributed by atoms with van der Waals surface area (Å²) in [6.07, 6.45) is 1.14. The predicted molar refractivity (Wildman–Crippen MR) is 92.7 cm³/mol. The van der Waals surface area contributed by atoms with Gasteiger partial charge in [-0.1, -0.05) is 24.3 Å². The second-order valence-corrected chi connectivity index (χ2v) is 6.72. The lowest BCUT2D eigenvalue weighted by Gasteiger charge is -2.10. The number of aromatic nitrogens is 1. The van der Waals surface area contributed by atoms with Crippen molar-refractivity contribution < 1.29 is 13.2 Å². The number of para-hydroxylation sites is 1. The fourth-order valence-electron chi connectivity index (χ4n) is 2.07. The minimum atomic E-state index is -3.81. The van der Waals surface area contributed by atoms with Crippen molar-refractivity contribution in [1.29, 1.82) is 5.26 Å². The van der Waals surface area contributed by atoms with Gasteiger partial charge in [0.25, 0.3) is 10.0 Å². The maximum Gasteiger partial charge on any atom is 0.263 e. The molecule has 0 fully saturated rings. The van der Waals surface area contributed by atoms with Crippen molar-refractivity contribution >= 4 is 15.7 Å². The van der Waals surface area contributed by atoms with E-state index in [0.717, 1.165) is 6.20 Å². The van der Waals surface area contributed by atoms with Crippen LogP contribution in [0.1, 0.15) is 5.69 Å². The number of sulfonamides is 1. The smallest absolute Gasteiger partial charge is 0.263 e. The molecule has 0 atom stereocenters. The normalized spacial score (nSPS) is 10.7. The maximum atomic E-state index is 12.4. The van der Waals surface area contributed by atoms with E-state index < -0.39 is 10.0 Å². The van der Waals surface area contributed by atoms with Gasteiger partial charge >= 0.3 is 0 Å². The second kappa shape index (κ2) is 7.03. The van der Waals surface area contributed by atoms with E-state index in [1.54, 1.807) is 36.4 Å². The van der Waals surface area contributed by atoms with E-state index in [1.165, 1.54) is 12.1 Å². The van der Waals surface area contributed by atoms with Crippen LogP contribution in [0.5, 0.6) is 11.5 Å². The first-order valence-corrected chi connectivity index (χ1v) is 8.77. The molecule has 0 unspecified atom stereocenters. The summed E-state index contributed by atoms with van der Waals surface area (Å²) in [5.41, 5.74) is 0.509. The lowest BCUT2D eigenvalue weighted by atomic mass is 10.3. The van der Waals surface area contributed by atoms with Gasteiger partial charge in [0.05, 0.1) is 5.69 Å². The zero-order chi connectivity index (χ0) is 17.7. The molecule has 1 N–H and O–H groups in total. The van der Waals surface area contributed by atoms with Crippen LogP contribution in [-0.2, 0) is 10.0 Å². The first kappa shape index (κ1) is 16.5. The standard InChI is InChI=1S/C18H13N3O3S/c19-12-15-9-10-18(13-20-15)25(22,23)21-14-5-4-8-17(11-14)24-16-6-2-1-3-7-16/h1-11,13,21H. The topological polar surface area (TPSA) is 92.1 Å². The molecule has 7 heteroatoms. The molecule has 0 bridgehead atoms. The number of hydrogen-bond donors (Lipinski definition) is 1. The quantitative estimate of drug-likeness (QED) is 0.759. The molecule has 3 aromatic rings. The van der Waals surface area contributed by atoms with Crippen molar-refractivity contribution in [2.75, 3.05) is 4.72 Å². The summed E-state index contributed by atoms with van der Waals surface area (Å²) in [5.74, 6) is 1.16. The Morgan fingerprint density at radius 2 is 1.72 bits per heavy atom. The van der Waals surface area contributed by atoms with E-state index in [-0.39, 0.29) is 10.6 Å². The molecule has 0 spiro atoms. The lowest BCUT2D eigenvalue weighted by molar-refractivity contribution is 0.483. The summed E-state index contributed by atoms with van der Waals surface area (Å²) in [5, 5.41) is 8.73. The molecule has 0 radical (unpaired) electrons. The third-order valence-corrected chi connectivity index (χ3v) is 4.59. The number of nitrogens with zero attached hydrogens (tertiary/aromatic N) is 2. The highest BCUT2D eigenvalue weighted by molar-refractivity contribution is 7.92. The molecule has 0 saturated carbocycles. The Kier molecular flexibility index (Phi) is 4.64. The summed E-state index contributed by atoms with van der Waals surface area (Å²) >= 11 is 0. The Labute approximate surface area is 145 Å². The highest BCUT2D eigenvalue weighted by Crippen LogP contribution is 2.25. The van der Waals surface area contributed by atoms with Crippen LogP contribution in [-0.4, -0.2) is 13.4 Å². The van der Waals surface area contributed by atoms with Gasteiger partial charge < -0.3 is 4.74 Å². The average Bonchev–Trinajstić information content (AvgIpc) is 2.62. The molecule has 0 aliphatic rings. The van der Waals surface area contributed by atoms with Gasteiger partial charge in [0.2, 0.25) is 0 Å². The molecular weight excluding hydrogens is 338 g/mol. The van der Waals surface area contributed by atoms with Crippen LogP contribution in [0.4, 0.5) is 5.69 Å². The van der Waals surface area contributed by atoms with E-state index in [2.05, 4.69) is 9.71 Å². The molecule has 2 aromatic carbocycles. The Morgan fingerprint density at radius 1 is 0.960 bits per heavy atom. The number of ether oxygens (including phenoxy) is 1. The molecule has 3 rings (SSSR count). The SMILES string of the molecule is N#Cc1ccc(S(=O)(=O)Nc2cccc(Oc3ccccc3)c2)cn1. The minimum absolute atomic E-state index is 0.0270. The molecule has 6 nitrogen and oxygen atoms in total. The van der Waals surface area contributed by atoms with Crippen LogP contribution >= 0.6 is 0 Å². The van der Waals surface area contributed by atoms with Gasteiger partial charge in [-0.3, -0.25) is 4.72 Å². The van der Waals surface area contributed by atoms with Gasteiger partial charge in [0.1, 0.15) is 28.2 Å². The monoisotopic (exact) mass is 351 g/mol. The maximum absolute atomic E-state index is 12.4. The van der Waals surface area contributed by atoms with Crippen molar-refractivity contribution in [2.24, 2.45) is 0 Å². The number of nitriles is 1. The lowest BCUT2D eigenvalue weighted by Crippen LogP contribution is -2.13. The molecule has 124 valence electrons. The van der Waals surface area contributed by atoms with Crippen molar-refractivity contribution in [3.05, 3.63) is 78.6 Å². The molecule has 0 saturated heterocycles. The molecule has 0 aliphatic carbocycles. The van der Waals surface area contributed by atoms with Crippen LogP contribution in [0.15, 0.2) is 77.8 Å². The van der Waals surface area contributed by atoms with Gasteiger partial charge in [-0.25, -0.2) is 13.4 Å². The van der Waals surface area contributed by atoms with E-state index in [1.807, 2.05) is 24.3 Å². The molecule has 1 aromatic heterocycles. The van der Waals surface area contributed by atoms with Crippen molar-refractivity contribution in [2.45, 2.75) is 4.90 Å². The largest absolute Gasteiger partial charge is 0.457 e. The molecule has 0 aliphatic heterocycles. The number of nitrogens with one attached hydrogen (secondary N) is 1. The number of pyridine rings is 1. The predicted octanol–water partition coefficient (Wildman–Crippen LogP) is 3.55. The summed E-state index contributed by atoms with van der Waals surface area (Å²) in [6, 6.07) is 20.3. The van der Waals surface area contributed by atoms with Crippen molar-refractivity contribution in [1.82, 2.24) is 4.98 Å². The van der Waals surface area contributed by atoms with E-state index >= 15 is 0 Å². The highest BCUT2D eigenvalue weighted by Gasteiger charge is 2.15. The molecule has 1 heterocycles. The van der Waals surface area contributed by atoms with E-state index in [4.69, 9.17) is 10.00 Å². The zero-order valence-corrected chi connectivity index (χ0v) is 13.8. The minimum Gasteiger partial charge on any atom is -0.457 e. The first-order valence-electron chi connectivity index (χ1n) is 7.29. The Morgan fingerprint density at radius 3 is 2.40 bits per heavy atom. The zero-order valence-electron chi connectivity index (χ0n) is 13.0. The molecule has 25 heavy (non-hydrogen) atoms. The Balaban J connectivity index is 1.80. The molecule has 0 amide bonds. The van der Waals surface area contributed by atoms with Crippen molar-refractivity contribution in [3.63, 3.8) is 0 Å². The third kappa shape index (κ3) is 4.13. The van der Waals surface area contributed by atoms with Gasteiger partial charge in [0, 0.05) is 12.3 Å². The van der Waals surface area contributed by atoms with Crippen LogP contribution in [0.2, 0.25) is 0 Å². The van der Waals surface area contributed by atoms with Crippen LogP contribution in [0.3, 0.4) is 0 Å². The van der Waals surface area contributed by atoms with Crippen LogP contribution in [0.25, 0.3) is 0 Å². The fourth-order valence-corrected chi connectivity index (χ4v) is 3.06. The number of hydrogen-bond acceptors (Lipinski definition) is 5. The highest BCUT2D eigenvalue weighted by atomic mass is 32.2. The van der Waals surface area contributed by atoms with Gasteiger partial charge in [0.15, 0.2) is 0 Å². The third-order valence-electron chi connectivity index (χ3n) is 3.23. The van der Waals surface area contributed by atoms with E-state index in [9.17, 15) is 8.42 Å². The number of benzene rings is 2. The number of rotatable bonds is 5. The summed E-state index contributed by atoms with van der Waals surface area (Å²) < 4.78 is 32.9. The summed E-state index contributed by atoms with van der Waals surface area (Å²) in [7, 11) is -3.81. The second-order valence-electron chi connectivity index (χ2n) is 5.04. The first-order chi connectivity index (χ1) is 12.1. The Hall–Kier alpha value is -3.37. The average molecular weight is 351 g/mol. The fraction of sp³-hybridized carbons (Fsp3) is 0. The van der Waals surface area contributed by atoms with Gasteiger partial charge in [-0.15, -0.1) is 0 Å². The Bertz CT molecular complexity index is 1010. The van der Waals surface area contributed by atoms with E-state index in [0.29, 0.717) is 17.2 Å². The van der Waals surface area contributed by atoms with Gasteiger partial charge in [-0.2, -0.15) is 5.26 Å². The molecular formula is C18H13N3O3S. The van der Waals surface area contributed by atoms with Gasteiger partial charge in [-0.05, 0) is 36.4 Å².